The molecule has 1 amide bonds. The number of thioether (sulfide) groups is 1. The van der Waals surface area contributed by atoms with E-state index in [1.54, 1.807) is 20.3 Å². The fourth-order valence-corrected chi connectivity index (χ4v) is 3.00. The van der Waals surface area contributed by atoms with Crippen LogP contribution in [0.4, 0.5) is 0 Å². The van der Waals surface area contributed by atoms with Gasteiger partial charge in [0.15, 0.2) is 5.82 Å². The molecule has 8 heteroatoms. The molecule has 1 unspecified atom stereocenters. The number of aromatic amines is 1. The number of ether oxygens (including phenoxy) is 2. The Morgan fingerprint density at radius 1 is 1.27 bits per heavy atom. The summed E-state index contributed by atoms with van der Waals surface area (Å²) in [4.78, 5) is 16.6. The summed E-state index contributed by atoms with van der Waals surface area (Å²) >= 11 is 1.32. The van der Waals surface area contributed by atoms with E-state index in [0.29, 0.717) is 34.9 Å². The molecule has 7 nitrogen and oxygen atoms in total. The van der Waals surface area contributed by atoms with E-state index < -0.39 is 0 Å². The Balaban J connectivity index is 2.02. The van der Waals surface area contributed by atoms with Crippen LogP contribution in [0.25, 0.3) is 11.4 Å². The Hall–Kier alpha value is -2.22. The number of amides is 1. The average Bonchev–Trinajstić information content (AvgIpc) is 3.08. The standard InChI is InChI=1S/C18H26N4O3S/c1-11(2)8-9-19-17(23)12(3)26-18-20-16(21-22-18)14-7-6-13(24-4)10-15(14)25-5/h6-7,10-12H,8-9H2,1-5H3,(H,19,23)(H,20,21,22). The molecule has 0 aliphatic rings. The van der Waals surface area contributed by atoms with E-state index in [4.69, 9.17) is 9.47 Å². The zero-order valence-electron chi connectivity index (χ0n) is 15.8. The van der Waals surface area contributed by atoms with Crippen LogP contribution in [0.5, 0.6) is 11.5 Å². The molecule has 0 fully saturated rings. The van der Waals surface area contributed by atoms with Gasteiger partial charge >= 0.3 is 0 Å². The third kappa shape index (κ3) is 5.39. The van der Waals surface area contributed by atoms with Gasteiger partial charge in [0.1, 0.15) is 11.5 Å². The maximum absolute atomic E-state index is 12.1. The van der Waals surface area contributed by atoms with E-state index in [1.807, 2.05) is 19.1 Å². The second-order valence-electron chi connectivity index (χ2n) is 6.27. The first-order valence-electron chi connectivity index (χ1n) is 8.53. The van der Waals surface area contributed by atoms with Gasteiger partial charge in [0.25, 0.3) is 0 Å². The van der Waals surface area contributed by atoms with Crippen LogP contribution in [0.3, 0.4) is 0 Å². The molecule has 142 valence electrons. The van der Waals surface area contributed by atoms with E-state index in [0.717, 1.165) is 12.0 Å². The van der Waals surface area contributed by atoms with E-state index in [2.05, 4.69) is 34.3 Å². The predicted octanol–water partition coefficient (Wildman–Crippen LogP) is 3.13. The molecule has 0 spiro atoms. The average molecular weight is 378 g/mol. The summed E-state index contributed by atoms with van der Waals surface area (Å²) in [6, 6.07) is 5.47. The van der Waals surface area contributed by atoms with Gasteiger partial charge in [-0.2, -0.15) is 0 Å². The molecule has 1 atom stereocenters. The summed E-state index contributed by atoms with van der Waals surface area (Å²) in [5.41, 5.74) is 0.779. The molecule has 0 bridgehead atoms. The Morgan fingerprint density at radius 3 is 2.69 bits per heavy atom. The van der Waals surface area contributed by atoms with Crippen molar-refractivity contribution < 1.29 is 14.3 Å². The Morgan fingerprint density at radius 2 is 2.04 bits per heavy atom. The van der Waals surface area contributed by atoms with Crippen molar-refractivity contribution in [1.29, 1.82) is 0 Å². The van der Waals surface area contributed by atoms with Gasteiger partial charge in [-0.1, -0.05) is 25.6 Å². The molecule has 0 saturated carbocycles. The number of H-pyrrole nitrogens is 1. The summed E-state index contributed by atoms with van der Waals surface area (Å²) in [6.45, 7) is 6.79. The van der Waals surface area contributed by atoms with Crippen molar-refractivity contribution in [2.45, 2.75) is 37.6 Å². The summed E-state index contributed by atoms with van der Waals surface area (Å²) in [6.07, 6.45) is 0.963. The van der Waals surface area contributed by atoms with Crippen molar-refractivity contribution in [1.82, 2.24) is 20.5 Å². The first kappa shape index (κ1) is 20.1. The number of nitrogens with one attached hydrogen (secondary N) is 2. The highest BCUT2D eigenvalue weighted by molar-refractivity contribution is 8.00. The first-order chi connectivity index (χ1) is 12.4. The Kier molecular flexibility index (Phi) is 7.32. The summed E-state index contributed by atoms with van der Waals surface area (Å²) in [7, 11) is 3.19. The lowest BCUT2D eigenvalue weighted by molar-refractivity contribution is -0.120. The normalized spacial score (nSPS) is 12.1. The van der Waals surface area contributed by atoms with E-state index in [-0.39, 0.29) is 11.2 Å². The quantitative estimate of drug-likeness (QED) is 0.652. The second-order valence-corrected chi connectivity index (χ2v) is 7.57. The first-order valence-corrected chi connectivity index (χ1v) is 9.41. The molecule has 2 aromatic rings. The van der Waals surface area contributed by atoms with Crippen LogP contribution >= 0.6 is 11.8 Å². The molecule has 2 rings (SSSR count). The SMILES string of the molecule is COc1ccc(-c2nc(SC(C)C(=O)NCCC(C)C)n[nH]2)c(OC)c1. The van der Waals surface area contributed by atoms with Gasteiger partial charge in [0.2, 0.25) is 11.1 Å². The third-order valence-corrected chi connectivity index (χ3v) is 4.76. The van der Waals surface area contributed by atoms with Crippen molar-refractivity contribution in [3.63, 3.8) is 0 Å². The molecule has 26 heavy (non-hydrogen) atoms. The predicted molar refractivity (Wildman–Crippen MR) is 103 cm³/mol. The number of nitrogens with zero attached hydrogens (tertiary/aromatic N) is 2. The summed E-state index contributed by atoms with van der Waals surface area (Å²) < 4.78 is 10.6. The topological polar surface area (TPSA) is 89.1 Å². The lowest BCUT2D eigenvalue weighted by Crippen LogP contribution is -2.32. The fourth-order valence-electron chi connectivity index (χ4n) is 2.25. The number of methoxy groups -OCH3 is 2. The van der Waals surface area contributed by atoms with Crippen molar-refractivity contribution in [3.05, 3.63) is 18.2 Å². The second kappa shape index (κ2) is 9.47. The number of benzene rings is 1. The zero-order valence-corrected chi connectivity index (χ0v) is 16.6. The highest BCUT2D eigenvalue weighted by Gasteiger charge is 2.18. The van der Waals surface area contributed by atoms with E-state index in [9.17, 15) is 4.79 Å². The van der Waals surface area contributed by atoms with Crippen molar-refractivity contribution in [2.75, 3.05) is 20.8 Å². The largest absolute Gasteiger partial charge is 0.497 e. The monoisotopic (exact) mass is 378 g/mol. The van der Waals surface area contributed by atoms with E-state index in [1.165, 1.54) is 11.8 Å². The Labute approximate surface area is 158 Å². The number of rotatable bonds is 9. The van der Waals surface area contributed by atoms with Crippen LogP contribution in [0.1, 0.15) is 27.2 Å². The van der Waals surface area contributed by atoms with Crippen molar-refractivity contribution >= 4 is 17.7 Å². The highest BCUT2D eigenvalue weighted by atomic mass is 32.2. The number of carbonyl (C=O) groups excluding carboxylic acids is 1. The molecule has 1 aromatic heterocycles. The van der Waals surface area contributed by atoms with Gasteiger partial charge in [-0.15, -0.1) is 5.10 Å². The molecule has 0 aliphatic heterocycles. The Bertz CT molecular complexity index is 733. The zero-order chi connectivity index (χ0) is 19.1. The van der Waals surface area contributed by atoms with Crippen molar-refractivity contribution in [3.8, 4) is 22.9 Å². The highest BCUT2D eigenvalue weighted by Crippen LogP contribution is 2.32. The number of carbonyl (C=O) groups is 1. The van der Waals surface area contributed by atoms with Gasteiger partial charge < -0.3 is 14.8 Å². The lowest BCUT2D eigenvalue weighted by Gasteiger charge is -2.11. The fraction of sp³-hybridized carbons (Fsp3) is 0.500. The molecular formula is C18H26N4O3S. The van der Waals surface area contributed by atoms with Gasteiger partial charge in [0.05, 0.1) is 25.0 Å². The molecule has 1 heterocycles. The van der Waals surface area contributed by atoms with Gasteiger partial charge in [-0.05, 0) is 31.4 Å². The smallest absolute Gasteiger partial charge is 0.233 e. The maximum atomic E-state index is 12.1. The molecule has 0 saturated heterocycles. The van der Waals surface area contributed by atoms with E-state index >= 15 is 0 Å². The summed E-state index contributed by atoms with van der Waals surface area (Å²) in [5, 5.41) is 10.3. The minimum atomic E-state index is -0.274. The number of hydrogen-bond donors (Lipinski definition) is 2. The molecule has 1 aromatic carbocycles. The van der Waals surface area contributed by atoms with Crippen LogP contribution in [-0.2, 0) is 4.79 Å². The van der Waals surface area contributed by atoms with Gasteiger partial charge in [0, 0.05) is 12.6 Å². The van der Waals surface area contributed by atoms with Crippen LogP contribution < -0.4 is 14.8 Å². The maximum Gasteiger partial charge on any atom is 0.233 e. The molecular weight excluding hydrogens is 352 g/mol. The molecule has 0 radical (unpaired) electrons. The van der Waals surface area contributed by atoms with Crippen molar-refractivity contribution in [2.24, 2.45) is 5.92 Å². The minimum Gasteiger partial charge on any atom is -0.497 e. The van der Waals surface area contributed by atoms with Gasteiger partial charge in [-0.3, -0.25) is 9.89 Å². The molecule has 2 N–H and O–H groups in total. The molecule has 0 aliphatic carbocycles. The van der Waals surface area contributed by atoms with Crippen LogP contribution in [-0.4, -0.2) is 47.1 Å². The third-order valence-electron chi connectivity index (χ3n) is 3.80. The van der Waals surface area contributed by atoms with Crippen LogP contribution in [0.15, 0.2) is 23.4 Å². The number of aromatic nitrogens is 3. The van der Waals surface area contributed by atoms with Gasteiger partial charge in [-0.25, -0.2) is 4.98 Å². The minimum absolute atomic E-state index is 0.0102. The number of hydrogen-bond acceptors (Lipinski definition) is 6. The lowest BCUT2D eigenvalue weighted by atomic mass is 10.1. The summed E-state index contributed by atoms with van der Waals surface area (Å²) in [5.74, 6) is 2.47. The van der Waals surface area contributed by atoms with Crippen LogP contribution in [0.2, 0.25) is 0 Å². The van der Waals surface area contributed by atoms with Crippen LogP contribution in [0, 0.1) is 5.92 Å².